The van der Waals surface area contributed by atoms with Gasteiger partial charge in [-0.05, 0) is 47.5 Å². The van der Waals surface area contributed by atoms with Crippen molar-refractivity contribution in [2.75, 3.05) is 5.32 Å². The molecule has 0 aliphatic carbocycles. The minimum Gasteiger partial charge on any atom is -0.338 e. The summed E-state index contributed by atoms with van der Waals surface area (Å²) in [6, 6.07) is 14.2. The largest absolute Gasteiger partial charge is 0.338 e. The number of nitrogens with zero attached hydrogens (tertiary/aromatic N) is 4. The molecule has 1 amide bonds. The molecule has 0 unspecified atom stereocenters. The van der Waals surface area contributed by atoms with Crippen molar-refractivity contribution in [1.29, 1.82) is 0 Å². The van der Waals surface area contributed by atoms with E-state index in [0.29, 0.717) is 22.7 Å². The highest BCUT2D eigenvalue weighted by Crippen LogP contribution is 2.34. The van der Waals surface area contributed by atoms with E-state index in [9.17, 15) is 9.18 Å². The van der Waals surface area contributed by atoms with Crippen LogP contribution in [-0.4, -0.2) is 36.0 Å². The summed E-state index contributed by atoms with van der Waals surface area (Å²) in [4.78, 5) is 29.1. The summed E-state index contributed by atoms with van der Waals surface area (Å²) in [5.74, 6) is -0.385. The third-order valence-electron chi connectivity index (χ3n) is 6.35. The first-order valence-corrected chi connectivity index (χ1v) is 12.1. The number of H-pyrrole nitrogens is 2. The highest BCUT2D eigenvalue weighted by atomic mass is 19.1. The molecule has 0 saturated heterocycles. The number of halogens is 1. The van der Waals surface area contributed by atoms with Crippen LogP contribution in [0.4, 0.5) is 10.1 Å². The molecule has 6 rings (SSSR count). The Hall–Kier alpha value is -4.92. The second-order valence-electron chi connectivity index (χ2n) is 10.2. The molecule has 0 aliphatic heterocycles. The van der Waals surface area contributed by atoms with Gasteiger partial charge < -0.3 is 10.3 Å². The molecule has 5 heterocycles. The molecular formula is C29H24FN7O. The number of rotatable bonds is 4. The summed E-state index contributed by atoms with van der Waals surface area (Å²) in [7, 11) is 0. The van der Waals surface area contributed by atoms with Crippen molar-refractivity contribution in [3.63, 3.8) is 0 Å². The van der Waals surface area contributed by atoms with Crippen LogP contribution < -0.4 is 5.32 Å². The van der Waals surface area contributed by atoms with Gasteiger partial charge in [-0.2, -0.15) is 5.10 Å². The van der Waals surface area contributed by atoms with E-state index in [1.807, 2.05) is 51.1 Å². The molecule has 0 radical (unpaired) electrons. The van der Waals surface area contributed by atoms with Crippen molar-refractivity contribution in [3.8, 4) is 33.6 Å². The topological polar surface area (TPSA) is 112 Å². The average Bonchev–Trinajstić information content (AvgIpc) is 3.52. The maximum Gasteiger partial charge on any atom is 0.229 e. The molecule has 0 spiro atoms. The fraction of sp³-hybridized carbons (Fsp3) is 0.138. The Labute approximate surface area is 217 Å². The molecular weight excluding hydrogens is 481 g/mol. The number of aromatic amines is 2. The Balaban J connectivity index is 1.40. The number of pyridine rings is 3. The van der Waals surface area contributed by atoms with Crippen molar-refractivity contribution < 1.29 is 9.18 Å². The van der Waals surface area contributed by atoms with Gasteiger partial charge in [-0.1, -0.05) is 32.9 Å². The van der Waals surface area contributed by atoms with Gasteiger partial charge in [-0.3, -0.25) is 14.9 Å². The lowest BCUT2D eigenvalue weighted by atomic mass is 9.95. The molecule has 0 saturated carbocycles. The zero-order valence-corrected chi connectivity index (χ0v) is 21.0. The first-order valence-electron chi connectivity index (χ1n) is 12.1. The number of carbonyl (C=O) groups is 1. The van der Waals surface area contributed by atoms with E-state index in [4.69, 9.17) is 0 Å². The average molecular weight is 506 g/mol. The van der Waals surface area contributed by atoms with Crippen molar-refractivity contribution in [2.24, 2.45) is 5.41 Å². The number of fused-ring (bicyclic) bond motifs is 2. The zero-order chi connectivity index (χ0) is 26.4. The van der Waals surface area contributed by atoms with Gasteiger partial charge in [0.1, 0.15) is 17.2 Å². The maximum atomic E-state index is 13.9. The summed E-state index contributed by atoms with van der Waals surface area (Å²) in [6.07, 6.45) is 6.79. The monoisotopic (exact) mass is 505 g/mol. The van der Waals surface area contributed by atoms with Gasteiger partial charge in [0.05, 0.1) is 17.6 Å². The fourth-order valence-electron chi connectivity index (χ4n) is 4.31. The second-order valence-corrected chi connectivity index (χ2v) is 10.2. The number of hydrogen-bond donors (Lipinski definition) is 3. The van der Waals surface area contributed by atoms with Gasteiger partial charge in [0.25, 0.3) is 0 Å². The van der Waals surface area contributed by atoms with Crippen LogP contribution in [0.5, 0.6) is 0 Å². The van der Waals surface area contributed by atoms with E-state index in [2.05, 4.69) is 35.5 Å². The van der Waals surface area contributed by atoms with Crippen LogP contribution in [0.15, 0.2) is 73.3 Å². The minimum atomic E-state index is -0.523. The molecule has 6 aromatic rings. The van der Waals surface area contributed by atoms with Crippen molar-refractivity contribution in [3.05, 3.63) is 79.1 Å². The van der Waals surface area contributed by atoms with E-state index in [0.717, 1.165) is 38.7 Å². The fourth-order valence-corrected chi connectivity index (χ4v) is 4.31. The van der Waals surface area contributed by atoms with Crippen LogP contribution in [0.25, 0.3) is 55.7 Å². The highest BCUT2D eigenvalue weighted by molar-refractivity contribution is 6.00. The third kappa shape index (κ3) is 4.28. The van der Waals surface area contributed by atoms with Crippen LogP contribution in [-0.2, 0) is 4.79 Å². The molecule has 8 nitrogen and oxygen atoms in total. The Bertz CT molecular complexity index is 1830. The van der Waals surface area contributed by atoms with Gasteiger partial charge in [0.15, 0.2) is 5.65 Å². The lowest BCUT2D eigenvalue weighted by molar-refractivity contribution is -0.123. The summed E-state index contributed by atoms with van der Waals surface area (Å²) in [6.45, 7) is 5.58. The zero-order valence-electron chi connectivity index (χ0n) is 21.0. The first-order chi connectivity index (χ1) is 18.3. The number of aromatic nitrogens is 6. The molecule has 5 aromatic heterocycles. The SMILES string of the molecule is CC(C)(C)C(=O)Nc1cncc(-c2cnc3[nH]nc(-c4cc5c(-c6cccc(F)c6)ccnc5[nH]4)c3c2)c1. The molecule has 0 aliphatic rings. The number of nitrogens with one attached hydrogen (secondary N) is 3. The summed E-state index contributed by atoms with van der Waals surface area (Å²) in [5.41, 5.74) is 6.11. The standard InChI is InChI=1S/C29H24FN7O/c1-29(2,3)28(38)34-20-10-17(13-31-15-20)18-11-23-25(36-37-27(23)33-14-18)24-12-22-21(7-8-32-26(22)35-24)16-5-4-6-19(30)9-16/h4-15H,1-3H3,(H,32,35)(H,34,38)(H,33,36,37). The Kier molecular flexibility index (Phi) is 5.48. The number of carbonyl (C=O) groups excluding carboxylic acids is 1. The van der Waals surface area contributed by atoms with Gasteiger partial charge in [-0.15, -0.1) is 0 Å². The van der Waals surface area contributed by atoms with Crippen LogP contribution >= 0.6 is 0 Å². The molecule has 1 aromatic carbocycles. The summed E-state index contributed by atoms with van der Waals surface area (Å²) >= 11 is 0. The highest BCUT2D eigenvalue weighted by Gasteiger charge is 2.21. The van der Waals surface area contributed by atoms with Gasteiger partial charge in [-0.25, -0.2) is 14.4 Å². The summed E-state index contributed by atoms with van der Waals surface area (Å²) < 4.78 is 13.9. The maximum absolute atomic E-state index is 13.9. The van der Waals surface area contributed by atoms with Gasteiger partial charge in [0.2, 0.25) is 5.91 Å². The minimum absolute atomic E-state index is 0.0906. The Morgan fingerprint density at radius 3 is 2.55 bits per heavy atom. The van der Waals surface area contributed by atoms with Crippen molar-refractivity contribution in [2.45, 2.75) is 20.8 Å². The predicted octanol–water partition coefficient (Wildman–Crippen LogP) is 6.35. The van der Waals surface area contributed by atoms with E-state index >= 15 is 0 Å². The van der Waals surface area contributed by atoms with E-state index < -0.39 is 5.41 Å². The van der Waals surface area contributed by atoms with E-state index in [-0.39, 0.29) is 11.7 Å². The third-order valence-corrected chi connectivity index (χ3v) is 6.35. The summed E-state index contributed by atoms with van der Waals surface area (Å²) in [5, 5.41) is 12.1. The smallest absolute Gasteiger partial charge is 0.229 e. The second kappa shape index (κ2) is 8.88. The van der Waals surface area contributed by atoms with Crippen LogP contribution in [0.1, 0.15) is 20.8 Å². The number of benzene rings is 1. The predicted molar refractivity (Wildman–Crippen MR) is 146 cm³/mol. The van der Waals surface area contributed by atoms with E-state index in [1.165, 1.54) is 12.1 Å². The Morgan fingerprint density at radius 1 is 0.895 bits per heavy atom. The lowest BCUT2D eigenvalue weighted by Crippen LogP contribution is -2.27. The molecule has 188 valence electrons. The molecule has 0 atom stereocenters. The molecule has 38 heavy (non-hydrogen) atoms. The Morgan fingerprint density at radius 2 is 1.74 bits per heavy atom. The number of amides is 1. The van der Waals surface area contributed by atoms with E-state index in [1.54, 1.807) is 30.9 Å². The number of anilines is 1. The molecule has 0 bridgehead atoms. The van der Waals surface area contributed by atoms with Crippen molar-refractivity contribution >= 4 is 33.7 Å². The van der Waals surface area contributed by atoms with Crippen LogP contribution in [0.2, 0.25) is 0 Å². The molecule has 3 N–H and O–H groups in total. The molecule has 9 heteroatoms. The van der Waals surface area contributed by atoms with Crippen LogP contribution in [0.3, 0.4) is 0 Å². The normalized spacial score (nSPS) is 11.8. The van der Waals surface area contributed by atoms with Crippen molar-refractivity contribution in [1.82, 2.24) is 30.1 Å². The van der Waals surface area contributed by atoms with Gasteiger partial charge >= 0.3 is 0 Å². The first kappa shape index (κ1) is 23.5. The van der Waals surface area contributed by atoms with Crippen LogP contribution in [0, 0.1) is 11.2 Å². The lowest BCUT2D eigenvalue weighted by Gasteiger charge is -2.17. The molecule has 0 fully saturated rings. The quantitative estimate of drug-likeness (QED) is 0.258. The van der Waals surface area contributed by atoms with Gasteiger partial charge in [0, 0.05) is 45.9 Å². The number of hydrogen-bond acceptors (Lipinski definition) is 5.